The molecule has 0 spiro atoms. The highest BCUT2D eigenvalue weighted by molar-refractivity contribution is 14.2. The van der Waals surface area contributed by atoms with Gasteiger partial charge in [-0.1, -0.05) is 74.0 Å². The zero-order valence-electron chi connectivity index (χ0n) is 27.0. The molecule has 44 heavy (non-hydrogen) atoms. The van der Waals surface area contributed by atoms with E-state index >= 15 is 0 Å². The molecule has 0 fully saturated rings. The van der Waals surface area contributed by atoms with E-state index in [0.29, 0.717) is 11.8 Å². The topological polar surface area (TPSA) is 60.8 Å². The maximum Gasteiger partial charge on any atom is 0.153 e. The zero-order chi connectivity index (χ0) is 32.4. The molecule has 0 saturated heterocycles. The third kappa shape index (κ3) is 9.13. The van der Waals surface area contributed by atoms with Crippen molar-refractivity contribution in [2.75, 3.05) is 7.05 Å². The van der Waals surface area contributed by atoms with Crippen LogP contribution in [0.2, 0.25) is 0 Å². The molecule has 0 radical (unpaired) electrons. The highest BCUT2D eigenvalue weighted by Gasteiger charge is 2.31. The molecule has 3 rings (SSSR count). The van der Waals surface area contributed by atoms with Crippen LogP contribution in [-0.2, 0) is 11.8 Å². The average Bonchev–Trinajstić information content (AvgIpc) is 3.40. The van der Waals surface area contributed by atoms with Gasteiger partial charge in [0.2, 0.25) is 0 Å². The standard InChI is InChI=1S/C36H46BrIN4OS/c1-9-24(5)35(39-8)41-36-34(26(7)25(6)12-11-13-27-16-28(19-37)21-40-20-27)33(22-42(36)44-38)29-14-15-32(23(3)4)30(17-29)18-31(43)10-2/h10,14-18,20-23,25,39,43H,2,9,11-13,19H2,1,3-8H3/b31-18+,34-26+,35-24+,41-36-. The second kappa shape index (κ2) is 17.4. The van der Waals surface area contributed by atoms with Gasteiger partial charge in [0.05, 0.1) is 0 Å². The number of aliphatic hydroxyl groups is 1. The van der Waals surface area contributed by atoms with Crippen LogP contribution in [0.15, 0.2) is 88.8 Å². The van der Waals surface area contributed by atoms with Gasteiger partial charge < -0.3 is 10.4 Å². The van der Waals surface area contributed by atoms with Gasteiger partial charge in [-0.2, -0.15) is 0 Å². The Bertz CT molecular complexity index is 1490. The number of allylic oxidation sites excluding steroid dienone is 3. The van der Waals surface area contributed by atoms with Crippen LogP contribution in [0.5, 0.6) is 0 Å². The lowest BCUT2D eigenvalue weighted by molar-refractivity contribution is 0.438. The van der Waals surface area contributed by atoms with Gasteiger partial charge in [0.25, 0.3) is 0 Å². The third-order valence-corrected chi connectivity index (χ3v) is 10.5. The molecule has 2 N–H and O–H groups in total. The first kappa shape index (κ1) is 36.2. The van der Waals surface area contributed by atoms with E-state index in [9.17, 15) is 5.11 Å². The molecule has 0 saturated carbocycles. The molecule has 5 nitrogen and oxygen atoms in total. The summed E-state index contributed by atoms with van der Waals surface area (Å²) in [4.78, 5) is 9.67. The number of nitrogens with one attached hydrogen (secondary N) is 1. The molecular weight excluding hydrogens is 743 g/mol. The van der Waals surface area contributed by atoms with Crippen LogP contribution in [0.1, 0.15) is 94.5 Å². The number of halogens is 2. The van der Waals surface area contributed by atoms with E-state index in [1.807, 2.05) is 25.5 Å². The van der Waals surface area contributed by atoms with Crippen LogP contribution in [0.4, 0.5) is 0 Å². The summed E-state index contributed by atoms with van der Waals surface area (Å²) in [6.45, 7) is 17.0. The summed E-state index contributed by atoms with van der Waals surface area (Å²) in [7, 11) is 3.57. The van der Waals surface area contributed by atoms with Gasteiger partial charge in [-0.3, -0.25) is 9.29 Å². The number of aliphatic hydroxyl groups excluding tert-OH is 1. The van der Waals surface area contributed by atoms with Crippen molar-refractivity contribution in [2.24, 2.45) is 10.9 Å². The fourth-order valence-electron chi connectivity index (χ4n) is 5.31. The van der Waals surface area contributed by atoms with E-state index in [-0.39, 0.29) is 5.76 Å². The minimum Gasteiger partial charge on any atom is -0.508 e. The van der Waals surface area contributed by atoms with Crippen molar-refractivity contribution in [1.82, 2.24) is 14.6 Å². The summed E-state index contributed by atoms with van der Waals surface area (Å²) in [6.07, 6.45) is 13.5. The lowest BCUT2D eigenvalue weighted by atomic mass is 9.86. The Morgan fingerprint density at radius 2 is 1.93 bits per heavy atom. The summed E-state index contributed by atoms with van der Waals surface area (Å²) in [6, 6.07) is 8.82. The van der Waals surface area contributed by atoms with Gasteiger partial charge in [-0.05, 0) is 103 Å². The van der Waals surface area contributed by atoms with Gasteiger partial charge in [0.1, 0.15) is 11.6 Å². The van der Waals surface area contributed by atoms with Gasteiger partial charge >= 0.3 is 0 Å². The number of pyridine rings is 1. The smallest absolute Gasteiger partial charge is 0.153 e. The summed E-state index contributed by atoms with van der Waals surface area (Å²) in [5.74, 6) is 2.66. The van der Waals surface area contributed by atoms with E-state index in [1.54, 1.807) is 9.12 Å². The van der Waals surface area contributed by atoms with Crippen molar-refractivity contribution >= 4 is 63.7 Å². The number of hydrogen-bond acceptors (Lipinski definition) is 5. The first-order chi connectivity index (χ1) is 21.1. The fourth-order valence-corrected chi connectivity index (χ4v) is 6.87. The van der Waals surface area contributed by atoms with E-state index in [0.717, 1.165) is 59.4 Å². The molecule has 0 amide bonds. The van der Waals surface area contributed by atoms with Gasteiger partial charge in [-0.25, -0.2) is 4.99 Å². The molecular formula is C36H46BrIN4OS. The van der Waals surface area contributed by atoms with Crippen molar-refractivity contribution < 1.29 is 5.11 Å². The summed E-state index contributed by atoms with van der Waals surface area (Å²) >= 11 is 5.89. The number of nitrogens with zero attached hydrogens (tertiary/aromatic N) is 3. The monoisotopic (exact) mass is 788 g/mol. The number of rotatable bonds is 14. The lowest BCUT2D eigenvalue weighted by Crippen LogP contribution is -2.19. The van der Waals surface area contributed by atoms with Crippen LogP contribution in [-0.4, -0.2) is 27.3 Å². The Balaban J connectivity index is 2.13. The number of hydrogen-bond donors (Lipinski definition) is 2. The molecule has 8 heteroatoms. The number of aromatic nitrogens is 1. The molecule has 2 aromatic rings. The molecule has 1 aliphatic rings. The van der Waals surface area contributed by atoms with Crippen LogP contribution in [0.25, 0.3) is 11.6 Å². The second-order valence-electron chi connectivity index (χ2n) is 11.6. The maximum absolute atomic E-state index is 10.4. The SMILES string of the molecule is C=C/C(O)=C\c1cc(C2=CN(SI)C(=N\C(NC)=C(/C)CC)/C2=C(\C)C(C)CCCc2cncc(CBr)c2)ccc1C(C)C. The Kier molecular flexibility index (Phi) is 14.3. The Labute approximate surface area is 289 Å². The van der Waals surface area contributed by atoms with Crippen molar-refractivity contribution in [3.05, 3.63) is 112 Å². The molecule has 2 heterocycles. The van der Waals surface area contributed by atoms with E-state index in [1.165, 1.54) is 39.5 Å². The second-order valence-corrected chi connectivity index (χ2v) is 13.8. The van der Waals surface area contributed by atoms with Crippen LogP contribution < -0.4 is 5.32 Å². The highest BCUT2D eigenvalue weighted by Crippen LogP contribution is 2.42. The predicted octanol–water partition coefficient (Wildman–Crippen LogP) is 11.1. The molecule has 1 aliphatic heterocycles. The molecule has 1 aromatic heterocycles. The summed E-state index contributed by atoms with van der Waals surface area (Å²) in [5.41, 5.74) is 10.6. The quantitative estimate of drug-likeness (QED) is 0.0656. The molecule has 236 valence electrons. The fraction of sp³-hybridized carbons (Fsp3) is 0.389. The summed E-state index contributed by atoms with van der Waals surface area (Å²) < 4.78 is 2.17. The number of aliphatic imine (C=N–C) groups is 1. The Hall–Kier alpha value is -2.30. The van der Waals surface area contributed by atoms with Crippen LogP contribution in [0, 0.1) is 5.92 Å². The normalized spacial score (nSPS) is 17.1. The van der Waals surface area contributed by atoms with Crippen LogP contribution >= 0.6 is 46.3 Å². The van der Waals surface area contributed by atoms with E-state index in [4.69, 9.17) is 4.99 Å². The molecule has 0 bridgehead atoms. The third-order valence-electron chi connectivity index (χ3n) is 8.19. The summed E-state index contributed by atoms with van der Waals surface area (Å²) in [5, 5.41) is 14.5. The van der Waals surface area contributed by atoms with Crippen molar-refractivity contribution in [3.63, 3.8) is 0 Å². The van der Waals surface area contributed by atoms with Crippen molar-refractivity contribution in [1.29, 1.82) is 0 Å². The predicted molar refractivity (Wildman–Crippen MR) is 204 cm³/mol. The Morgan fingerprint density at radius 3 is 2.55 bits per heavy atom. The first-order valence-corrected chi connectivity index (χ1v) is 19.7. The zero-order valence-corrected chi connectivity index (χ0v) is 31.6. The lowest BCUT2D eigenvalue weighted by Gasteiger charge is -2.21. The minimum atomic E-state index is 0.160. The molecule has 1 unspecified atom stereocenters. The van der Waals surface area contributed by atoms with Gasteiger partial charge in [-0.15, -0.1) is 0 Å². The van der Waals surface area contributed by atoms with Gasteiger partial charge in [0, 0.05) is 72.4 Å². The minimum absolute atomic E-state index is 0.160. The number of amidine groups is 1. The van der Waals surface area contributed by atoms with E-state index in [2.05, 4.69) is 130 Å². The van der Waals surface area contributed by atoms with Crippen LogP contribution in [0.3, 0.4) is 0 Å². The van der Waals surface area contributed by atoms with Crippen molar-refractivity contribution in [2.45, 2.75) is 78.5 Å². The molecule has 1 aromatic carbocycles. The molecule has 1 atom stereocenters. The first-order valence-electron chi connectivity index (χ1n) is 15.2. The average molecular weight is 790 g/mol. The molecule has 0 aliphatic carbocycles. The Morgan fingerprint density at radius 1 is 1.20 bits per heavy atom. The van der Waals surface area contributed by atoms with Crippen molar-refractivity contribution in [3.8, 4) is 0 Å². The van der Waals surface area contributed by atoms with E-state index < -0.39 is 0 Å². The largest absolute Gasteiger partial charge is 0.508 e. The highest BCUT2D eigenvalue weighted by atomic mass is 127. The maximum atomic E-state index is 10.4. The number of benzene rings is 1. The van der Waals surface area contributed by atoms with Gasteiger partial charge in [0.15, 0.2) is 5.84 Å². The number of aryl methyl sites for hydroxylation is 1. The number of alkyl halides is 1.